The van der Waals surface area contributed by atoms with E-state index in [1.807, 2.05) is 12.1 Å². The molecule has 0 radical (unpaired) electrons. The summed E-state index contributed by atoms with van der Waals surface area (Å²) in [5, 5.41) is 36.3. The van der Waals surface area contributed by atoms with Gasteiger partial charge in [0.05, 0.1) is 13.2 Å². The highest BCUT2D eigenvalue weighted by molar-refractivity contribution is 5.94. The Balaban J connectivity index is 1.44. The quantitative estimate of drug-likeness (QED) is 0.0481. The number of ether oxygens (including phenoxy) is 3. The van der Waals surface area contributed by atoms with Gasteiger partial charge in [-0.05, 0) is 57.2 Å². The molecule has 0 bridgehead atoms. The van der Waals surface area contributed by atoms with Gasteiger partial charge in [0.15, 0.2) is 6.29 Å². The van der Waals surface area contributed by atoms with E-state index >= 15 is 0 Å². The molecule has 12 N–H and O–H groups in total. The van der Waals surface area contributed by atoms with Gasteiger partial charge in [0.25, 0.3) is 0 Å². The summed E-state index contributed by atoms with van der Waals surface area (Å²) in [5.41, 5.74) is 12.4. The molecule has 63 heavy (non-hydrogen) atoms. The molecule has 346 valence electrons. The molecule has 1 saturated heterocycles. The summed E-state index contributed by atoms with van der Waals surface area (Å²) in [5.74, 6) is -5.24. The van der Waals surface area contributed by atoms with Crippen LogP contribution in [0.15, 0.2) is 60.7 Å². The van der Waals surface area contributed by atoms with Gasteiger partial charge >= 0.3 is 0 Å². The molecule has 9 atom stereocenters. The maximum absolute atomic E-state index is 13.2. The number of primary amides is 2. The monoisotopic (exact) mass is 884 g/mol. The first-order valence-electron chi connectivity index (χ1n) is 20.6. The minimum absolute atomic E-state index is 0.00458. The first kappa shape index (κ1) is 51.4. The number of rotatable bonds is 26. The van der Waals surface area contributed by atoms with Crippen LogP contribution < -0.4 is 43.4 Å². The van der Waals surface area contributed by atoms with E-state index in [1.54, 1.807) is 48.5 Å². The highest BCUT2D eigenvalue weighted by atomic mass is 16.7. The molecule has 0 aromatic heterocycles. The number of amides is 8. The van der Waals surface area contributed by atoms with Crippen molar-refractivity contribution in [3.8, 4) is 0 Å². The van der Waals surface area contributed by atoms with Crippen molar-refractivity contribution in [2.45, 2.75) is 127 Å². The summed E-state index contributed by atoms with van der Waals surface area (Å²) in [6.07, 6.45) is -6.24. The van der Waals surface area contributed by atoms with Crippen LogP contribution in [-0.2, 0) is 59.2 Å². The zero-order valence-electron chi connectivity index (χ0n) is 35.6. The first-order chi connectivity index (χ1) is 30.0. The van der Waals surface area contributed by atoms with Gasteiger partial charge in [0, 0.05) is 38.4 Å². The van der Waals surface area contributed by atoms with E-state index in [0.717, 1.165) is 5.56 Å². The van der Waals surface area contributed by atoms with Crippen LogP contribution in [0.5, 0.6) is 0 Å². The molecule has 1 aliphatic rings. The van der Waals surface area contributed by atoms with Crippen molar-refractivity contribution in [3.05, 3.63) is 66.2 Å². The number of unbranched alkanes of at least 4 members (excludes halogenated alkanes) is 1. The molecular weight excluding hydrogens is 825 g/mol. The Bertz CT molecular complexity index is 1840. The van der Waals surface area contributed by atoms with E-state index in [4.69, 9.17) is 25.7 Å². The van der Waals surface area contributed by atoms with Crippen molar-refractivity contribution >= 4 is 52.9 Å². The lowest BCUT2D eigenvalue weighted by Crippen LogP contribution is -2.66. The van der Waals surface area contributed by atoms with Crippen LogP contribution in [0.4, 0.5) is 5.69 Å². The number of aliphatic hydroxyl groups excluding tert-OH is 2. The fourth-order valence-electron chi connectivity index (χ4n) is 6.38. The van der Waals surface area contributed by atoms with Crippen LogP contribution in [-0.4, -0.2) is 125 Å². The Morgan fingerprint density at radius 3 is 2.00 bits per heavy atom. The smallest absolute Gasteiger partial charge is 0.249 e. The second-order valence-corrected chi connectivity index (χ2v) is 15.0. The zero-order chi connectivity index (χ0) is 46.5. The molecule has 0 saturated carbocycles. The first-order valence-corrected chi connectivity index (χ1v) is 20.6. The summed E-state index contributed by atoms with van der Waals surface area (Å²) in [4.78, 5) is 99.8. The van der Waals surface area contributed by atoms with Gasteiger partial charge in [-0.3, -0.25) is 38.4 Å². The second-order valence-electron chi connectivity index (χ2n) is 15.0. The number of hydrogen-bond donors (Lipinski definition) is 10. The SMILES string of the molecule is CC(=O)N[C@H]1[C@@H](OCc2ccccc2)O[C@H](CO)[C@@H](O)[C@@H]1O[C@H](C)C(=O)N[C@@H](C)C(=O)N[C@H](CCC(=O)N[C@@H](CCCCNC(=O)CCC(=O)Nc1ccccc1)C(N)=O)C(N)=O. The number of aliphatic hydroxyl groups is 2. The predicted octanol–water partition coefficient (Wildman–Crippen LogP) is -1.51. The molecule has 21 heteroatoms. The highest BCUT2D eigenvalue weighted by Crippen LogP contribution is 2.26. The number of carbonyl (C=O) groups excluding carboxylic acids is 8. The topological polar surface area (TPSA) is 329 Å². The fraction of sp³-hybridized carbons (Fsp3) is 0.524. The average Bonchev–Trinajstić information content (AvgIpc) is 3.24. The normalized spacial score (nSPS) is 20.1. The molecule has 1 fully saturated rings. The molecule has 0 unspecified atom stereocenters. The fourth-order valence-corrected chi connectivity index (χ4v) is 6.38. The maximum atomic E-state index is 13.2. The third-order valence-electron chi connectivity index (χ3n) is 9.84. The molecular formula is C42H60N8O13. The second kappa shape index (κ2) is 26.5. The van der Waals surface area contributed by atoms with Gasteiger partial charge in [-0.15, -0.1) is 0 Å². The molecule has 2 aromatic carbocycles. The van der Waals surface area contributed by atoms with Crippen LogP contribution in [0.1, 0.15) is 71.3 Å². The molecule has 3 rings (SSSR count). The number of nitrogens with two attached hydrogens (primary N) is 2. The van der Waals surface area contributed by atoms with Crippen molar-refractivity contribution in [1.29, 1.82) is 0 Å². The average molecular weight is 885 g/mol. The number of hydrogen-bond acceptors (Lipinski definition) is 13. The number of anilines is 1. The number of carbonyl (C=O) groups is 8. The lowest BCUT2D eigenvalue weighted by molar-refractivity contribution is -0.283. The third-order valence-corrected chi connectivity index (χ3v) is 9.84. The highest BCUT2D eigenvalue weighted by Gasteiger charge is 2.48. The predicted molar refractivity (Wildman–Crippen MR) is 225 cm³/mol. The van der Waals surface area contributed by atoms with Crippen molar-refractivity contribution in [2.24, 2.45) is 11.5 Å². The summed E-state index contributed by atoms with van der Waals surface area (Å²) < 4.78 is 17.6. The number of para-hydroxylation sites is 1. The molecule has 21 nitrogen and oxygen atoms in total. The van der Waals surface area contributed by atoms with E-state index < -0.39 is 96.9 Å². The minimum Gasteiger partial charge on any atom is -0.394 e. The molecule has 0 aliphatic carbocycles. The van der Waals surface area contributed by atoms with Gasteiger partial charge in [0.1, 0.15) is 48.6 Å². The third kappa shape index (κ3) is 18.1. The largest absolute Gasteiger partial charge is 0.394 e. The van der Waals surface area contributed by atoms with Crippen molar-refractivity contribution < 1.29 is 62.8 Å². The molecule has 0 spiro atoms. The van der Waals surface area contributed by atoms with E-state index in [0.29, 0.717) is 18.5 Å². The lowest BCUT2D eigenvalue weighted by Gasteiger charge is -2.44. The Kier molecular flexibility index (Phi) is 21.6. The minimum atomic E-state index is -1.52. The summed E-state index contributed by atoms with van der Waals surface area (Å²) in [6, 6.07) is 13.0. The van der Waals surface area contributed by atoms with E-state index in [2.05, 4.69) is 31.9 Å². The summed E-state index contributed by atoms with van der Waals surface area (Å²) >= 11 is 0. The Morgan fingerprint density at radius 2 is 1.38 bits per heavy atom. The van der Waals surface area contributed by atoms with Crippen LogP contribution in [0.3, 0.4) is 0 Å². The van der Waals surface area contributed by atoms with Crippen molar-refractivity contribution in [2.75, 3.05) is 18.5 Å². The van der Waals surface area contributed by atoms with Crippen molar-refractivity contribution in [1.82, 2.24) is 26.6 Å². The van der Waals surface area contributed by atoms with Gasteiger partial charge in [-0.25, -0.2) is 0 Å². The van der Waals surface area contributed by atoms with Gasteiger partial charge in [-0.1, -0.05) is 48.5 Å². The van der Waals surface area contributed by atoms with Gasteiger partial charge < -0.3 is 67.8 Å². The molecule has 8 amide bonds. The van der Waals surface area contributed by atoms with Crippen LogP contribution in [0, 0.1) is 0 Å². The summed E-state index contributed by atoms with van der Waals surface area (Å²) in [7, 11) is 0. The van der Waals surface area contributed by atoms with Gasteiger partial charge in [0.2, 0.25) is 47.3 Å². The van der Waals surface area contributed by atoms with E-state index in [1.165, 1.54) is 20.8 Å². The van der Waals surface area contributed by atoms with Gasteiger partial charge in [-0.2, -0.15) is 0 Å². The number of benzene rings is 2. The summed E-state index contributed by atoms with van der Waals surface area (Å²) in [6.45, 7) is 3.54. The standard InChI is InChI=1S/C42H60N8O13/c1-24(46-41(60)25(2)62-37-35(47-26(3)52)42(63-31(22-51)36(37)56)61-23-27-12-6-4-7-13-27)40(59)50-30(39(44)58)17-18-34(55)49-29(38(43)57)16-10-11-21-45-32(53)19-20-33(54)48-28-14-8-5-9-15-28/h4-9,12-15,24-25,29-31,35-37,42,51,56H,10-11,16-23H2,1-3H3,(H2,43,57)(H2,44,58)(H,45,53)(H,46,60)(H,47,52)(H,48,54)(H,49,55)(H,50,59)/t24-,25+,29-,30+,31+,35+,36+,37+,42-/m0/s1. The van der Waals surface area contributed by atoms with E-state index in [9.17, 15) is 48.6 Å². The van der Waals surface area contributed by atoms with E-state index in [-0.39, 0.29) is 57.1 Å². The molecule has 1 heterocycles. The van der Waals surface area contributed by atoms with Crippen molar-refractivity contribution in [3.63, 3.8) is 0 Å². The Morgan fingerprint density at radius 1 is 0.762 bits per heavy atom. The van der Waals surface area contributed by atoms with Crippen LogP contribution in [0.25, 0.3) is 0 Å². The zero-order valence-corrected chi connectivity index (χ0v) is 35.6. The lowest BCUT2D eigenvalue weighted by atomic mass is 9.96. The Labute approximate surface area is 365 Å². The van der Waals surface area contributed by atoms with Crippen LogP contribution >= 0.6 is 0 Å². The number of nitrogens with one attached hydrogen (secondary N) is 6. The maximum Gasteiger partial charge on any atom is 0.249 e. The van der Waals surface area contributed by atoms with Crippen LogP contribution in [0.2, 0.25) is 0 Å². The Hall–Kier alpha value is -6.00. The molecule has 2 aromatic rings. The molecule has 1 aliphatic heterocycles.